The average molecular weight is 289 g/mol. The predicted molar refractivity (Wildman–Crippen MR) is 86.5 cm³/mol. The number of anilines is 1. The molecule has 1 unspecified atom stereocenters. The lowest BCUT2D eigenvalue weighted by Crippen LogP contribution is -2.31. The number of pyridine rings is 1. The first-order valence-corrected chi connectivity index (χ1v) is 7.90. The molecule has 0 bridgehead atoms. The van der Waals surface area contributed by atoms with Crippen LogP contribution in [0.4, 0.5) is 5.69 Å². The lowest BCUT2D eigenvalue weighted by molar-refractivity contribution is 0.0777. The topological polar surface area (TPSA) is 45.2 Å². The number of aromatic nitrogens is 1. The van der Waals surface area contributed by atoms with Crippen LogP contribution in [0.5, 0.6) is 0 Å². The number of nitrogens with zero attached hydrogens (tertiary/aromatic N) is 2. The third-order valence-electron chi connectivity index (χ3n) is 4.32. The van der Waals surface area contributed by atoms with Gasteiger partial charge in [0.1, 0.15) is 0 Å². The summed E-state index contributed by atoms with van der Waals surface area (Å²) in [4.78, 5) is 18.9. The van der Waals surface area contributed by atoms with E-state index in [2.05, 4.69) is 38.0 Å². The molecular formula is C17H27N3O. The molecule has 1 aliphatic heterocycles. The van der Waals surface area contributed by atoms with E-state index >= 15 is 0 Å². The van der Waals surface area contributed by atoms with Gasteiger partial charge in [0.25, 0.3) is 5.91 Å². The second-order valence-electron chi connectivity index (χ2n) is 6.95. The van der Waals surface area contributed by atoms with Crippen LogP contribution in [-0.2, 0) is 0 Å². The molecule has 1 fully saturated rings. The van der Waals surface area contributed by atoms with Crippen molar-refractivity contribution in [2.24, 2.45) is 11.3 Å². The lowest BCUT2D eigenvalue weighted by atomic mass is 9.80. The second kappa shape index (κ2) is 6.46. The van der Waals surface area contributed by atoms with E-state index in [4.69, 9.17) is 0 Å². The molecule has 1 aromatic rings. The zero-order valence-corrected chi connectivity index (χ0v) is 13.6. The molecule has 0 radical (unpaired) electrons. The van der Waals surface area contributed by atoms with E-state index in [1.54, 1.807) is 12.4 Å². The Kier molecular flexibility index (Phi) is 4.86. The van der Waals surface area contributed by atoms with Crippen LogP contribution >= 0.6 is 0 Å². The van der Waals surface area contributed by atoms with E-state index < -0.39 is 0 Å². The van der Waals surface area contributed by atoms with Crippen LogP contribution in [0.3, 0.4) is 0 Å². The van der Waals surface area contributed by atoms with Crippen LogP contribution < -0.4 is 5.32 Å². The van der Waals surface area contributed by atoms with Gasteiger partial charge in [0.2, 0.25) is 0 Å². The molecule has 2 rings (SSSR count). The van der Waals surface area contributed by atoms with E-state index in [9.17, 15) is 4.79 Å². The molecule has 1 N–H and O–H groups in total. The van der Waals surface area contributed by atoms with Gasteiger partial charge in [-0.3, -0.25) is 9.78 Å². The number of likely N-dealkylation sites (tertiary alicyclic amines) is 1. The van der Waals surface area contributed by atoms with Crippen molar-refractivity contribution in [3.63, 3.8) is 0 Å². The van der Waals surface area contributed by atoms with Crippen LogP contribution in [0, 0.1) is 11.3 Å². The number of carbonyl (C=O) groups excluding carboxylic acids is 1. The Morgan fingerprint density at radius 3 is 2.86 bits per heavy atom. The standard InChI is InChI=1S/C17H27N3O/c1-5-8-19-15-6-9-18-11-14(15)16(21)20-10-7-13(12-20)17(2,3)4/h6,9,11,13H,5,7-8,10,12H2,1-4H3,(H,18,19). The van der Waals surface area contributed by atoms with Gasteiger partial charge >= 0.3 is 0 Å². The van der Waals surface area contributed by atoms with Gasteiger partial charge in [-0.1, -0.05) is 27.7 Å². The van der Waals surface area contributed by atoms with E-state index in [-0.39, 0.29) is 11.3 Å². The highest BCUT2D eigenvalue weighted by molar-refractivity contribution is 5.99. The van der Waals surface area contributed by atoms with E-state index in [0.29, 0.717) is 11.5 Å². The van der Waals surface area contributed by atoms with Crippen molar-refractivity contribution >= 4 is 11.6 Å². The molecule has 1 aromatic heterocycles. The Balaban J connectivity index is 2.11. The normalized spacial score (nSPS) is 18.9. The van der Waals surface area contributed by atoms with Gasteiger partial charge in [0.15, 0.2) is 0 Å². The highest BCUT2D eigenvalue weighted by Crippen LogP contribution is 2.34. The largest absolute Gasteiger partial charge is 0.384 e. The summed E-state index contributed by atoms with van der Waals surface area (Å²) in [5, 5.41) is 3.32. The maximum absolute atomic E-state index is 12.7. The van der Waals surface area contributed by atoms with Crippen molar-refractivity contribution in [3.05, 3.63) is 24.0 Å². The van der Waals surface area contributed by atoms with Gasteiger partial charge in [-0.15, -0.1) is 0 Å². The predicted octanol–water partition coefficient (Wildman–Crippen LogP) is 3.41. The molecule has 0 aliphatic carbocycles. The number of nitrogens with one attached hydrogen (secondary N) is 1. The van der Waals surface area contributed by atoms with Gasteiger partial charge in [-0.2, -0.15) is 0 Å². The third kappa shape index (κ3) is 3.74. The van der Waals surface area contributed by atoms with Crippen LogP contribution in [0.2, 0.25) is 0 Å². The maximum atomic E-state index is 12.7. The highest BCUT2D eigenvalue weighted by Gasteiger charge is 2.34. The van der Waals surface area contributed by atoms with Gasteiger partial charge in [0.05, 0.1) is 11.3 Å². The number of rotatable bonds is 4. The Labute approximate surface area is 127 Å². The summed E-state index contributed by atoms with van der Waals surface area (Å²) in [7, 11) is 0. The van der Waals surface area contributed by atoms with Crippen molar-refractivity contribution < 1.29 is 4.79 Å². The first-order valence-electron chi connectivity index (χ1n) is 7.90. The maximum Gasteiger partial charge on any atom is 0.257 e. The lowest BCUT2D eigenvalue weighted by Gasteiger charge is -2.27. The molecule has 1 saturated heterocycles. The fourth-order valence-electron chi connectivity index (χ4n) is 2.80. The van der Waals surface area contributed by atoms with Crippen LogP contribution in [0.25, 0.3) is 0 Å². The molecule has 0 aromatic carbocycles. The summed E-state index contributed by atoms with van der Waals surface area (Å²) in [6.07, 6.45) is 5.54. The van der Waals surface area contributed by atoms with Crippen LogP contribution in [0.1, 0.15) is 50.9 Å². The van der Waals surface area contributed by atoms with Crippen molar-refractivity contribution in [1.82, 2.24) is 9.88 Å². The Morgan fingerprint density at radius 2 is 2.24 bits per heavy atom. The molecule has 116 valence electrons. The minimum Gasteiger partial charge on any atom is -0.384 e. The minimum atomic E-state index is 0.105. The monoisotopic (exact) mass is 289 g/mol. The SMILES string of the molecule is CCCNc1ccncc1C(=O)N1CCC(C(C)(C)C)C1. The molecular weight excluding hydrogens is 262 g/mol. The second-order valence-corrected chi connectivity index (χ2v) is 6.95. The molecule has 21 heavy (non-hydrogen) atoms. The Bertz CT molecular complexity index is 493. The minimum absolute atomic E-state index is 0.105. The number of amides is 1. The summed E-state index contributed by atoms with van der Waals surface area (Å²) in [6.45, 7) is 11.4. The summed E-state index contributed by atoms with van der Waals surface area (Å²) >= 11 is 0. The number of hydrogen-bond donors (Lipinski definition) is 1. The quantitative estimate of drug-likeness (QED) is 0.924. The first-order chi connectivity index (χ1) is 9.93. The van der Waals surface area contributed by atoms with E-state index in [0.717, 1.165) is 38.2 Å². The van der Waals surface area contributed by atoms with Gasteiger partial charge in [-0.05, 0) is 30.2 Å². The molecule has 4 nitrogen and oxygen atoms in total. The van der Waals surface area contributed by atoms with Gasteiger partial charge < -0.3 is 10.2 Å². The van der Waals surface area contributed by atoms with Gasteiger partial charge in [-0.25, -0.2) is 0 Å². The van der Waals surface area contributed by atoms with Crippen molar-refractivity contribution in [2.45, 2.75) is 40.5 Å². The zero-order valence-electron chi connectivity index (χ0n) is 13.6. The van der Waals surface area contributed by atoms with Crippen molar-refractivity contribution in [3.8, 4) is 0 Å². The molecule has 4 heteroatoms. The zero-order chi connectivity index (χ0) is 15.5. The molecule has 1 atom stereocenters. The molecule has 0 spiro atoms. The average Bonchev–Trinajstić information content (AvgIpc) is 2.94. The molecule has 2 heterocycles. The fourth-order valence-corrected chi connectivity index (χ4v) is 2.80. The van der Waals surface area contributed by atoms with E-state index in [1.807, 2.05) is 11.0 Å². The highest BCUT2D eigenvalue weighted by atomic mass is 16.2. The molecule has 1 amide bonds. The Hall–Kier alpha value is -1.58. The van der Waals surface area contributed by atoms with Crippen molar-refractivity contribution in [1.29, 1.82) is 0 Å². The summed E-state index contributed by atoms with van der Waals surface area (Å²) in [6, 6.07) is 1.89. The van der Waals surface area contributed by atoms with Crippen LogP contribution in [-0.4, -0.2) is 35.4 Å². The third-order valence-corrected chi connectivity index (χ3v) is 4.32. The van der Waals surface area contributed by atoms with E-state index in [1.165, 1.54) is 0 Å². The summed E-state index contributed by atoms with van der Waals surface area (Å²) in [5.41, 5.74) is 1.85. The number of carbonyl (C=O) groups is 1. The number of hydrogen-bond acceptors (Lipinski definition) is 3. The summed E-state index contributed by atoms with van der Waals surface area (Å²) in [5.74, 6) is 0.679. The molecule has 1 aliphatic rings. The fraction of sp³-hybridized carbons (Fsp3) is 0.647. The smallest absolute Gasteiger partial charge is 0.257 e. The van der Waals surface area contributed by atoms with Gasteiger partial charge in [0, 0.05) is 32.0 Å². The molecule has 0 saturated carbocycles. The summed E-state index contributed by atoms with van der Waals surface area (Å²) < 4.78 is 0. The Morgan fingerprint density at radius 1 is 1.48 bits per heavy atom. The van der Waals surface area contributed by atoms with Crippen LogP contribution in [0.15, 0.2) is 18.5 Å². The first kappa shape index (κ1) is 15.8. The van der Waals surface area contributed by atoms with Crippen molar-refractivity contribution in [2.75, 3.05) is 25.0 Å².